The number of esters is 1. The Kier molecular flexibility index (Phi) is 8.64. The van der Waals surface area contributed by atoms with Crippen LogP contribution in [0.3, 0.4) is 0 Å². The number of aromatic nitrogens is 2. The lowest BCUT2D eigenvalue weighted by molar-refractivity contribution is -0.139. The number of halogens is 1. The molecule has 0 amide bonds. The molecule has 0 saturated heterocycles. The van der Waals surface area contributed by atoms with Gasteiger partial charge in [-0.05, 0) is 63.6 Å². The summed E-state index contributed by atoms with van der Waals surface area (Å²) in [5.74, 6) is 0.219. The van der Waals surface area contributed by atoms with Crippen LogP contribution >= 0.6 is 11.3 Å². The lowest BCUT2D eigenvalue weighted by Crippen LogP contribution is -2.40. The quantitative estimate of drug-likeness (QED) is 0.192. The maximum Gasteiger partial charge on any atom is 0.338 e. The minimum atomic E-state index is -0.804. The predicted octanol–water partition coefficient (Wildman–Crippen LogP) is 5.74. The van der Waals surface area contributed by atoms with E-state index in [1.54, 1.807) is 49.8 Å². The lowest BCUT2D eigenvalue weighted by Gasteiger charge is -2.25. The van der Waals surface area contributed by atoms with Crippen LogP contribution in [-0.4, -0.2) is 34.9 Å². The van der Waals surface area contributed by atoms with Crippen LogP contribution in [-0.2, 0) is 16.1 Å². The van der Waals surface area contributed by atoms with Crippen LogP contribution in [0.2, 0.25) is 0 Å². The normalized spacial score (nSPS) is 14.8. The van der Waals surface area contributed by atoms with Crippen molar-refractivity contribution in [2.45, 2.75) is 46.4 Å². The number of hydrogen-bond donors (Lipinski definition) is 0. The largest absolute Gasteiger partial charge is 0.493 e. The van der Waals surface area contributed by atoms with Crippen molar-refractivity contribution < 1.29 is 23.4 Å². The minimum absolute atomic E-state index is 0.0766. The van der Waals surface area contributed by atoms with Crippen molar-refractivity contribution in [2.24, 2.45) is 4.99 Å². The van der Waals surface area contributed by atoms with Gasteiger partial charge in [-0.25, -0.2) is 14.2 Å². The Morgan fingerprint density at radius 3 is 2.59 bits per heavy atom. The number of hydrogen-bond acceptors (Lipinski definition) is 7. The molecule has 46 heavy (non-hydrogen) atoms. The summed E-state index contributed by atoms with van der Waals surface area (Å²) < 4.78 is 35.5. The van der Waals surface area contributed by atoms with E-state index in [9.17, 15) is 14.0 Å². The van der Waals surface area contributed by atoms with E-state index in [-0.39, 0.29) is 29.7 Å². The summed E-state index contributed by atoms with van der Waals surface area (Å²) in [6.07, 6.45) is 3.69. The average molecular weight is 640 g/mol. The van der Waals surface area contributed by atoms with E-state index in [4.69, 9.17) is 19.2 Å². The van der Waals surface area contributed by atoms with E-state index in [0.717, 1.165) is 16.5 Å². The number of ether oxygens (including phenoxy) is 3. The highest BCUT2D eigenvalue weighted by molar-refractivity contribution is 7.07. The molecule has 1 atom stereocenters. The van der Waals surface area contributed by atoms with Crippen molar-refractivity contribution in [1.82, 2.24) is 9.13 Å². The van der Waals surface area contributed by atoms with Gasteiger partial charge in [0.1, 0.15) is 5.82 Å². The van der Waals surface area contributed by atoms with E-state index >= 15 is 0 Å². The fourth-order valence-electron chi connectivity index (χ4n) is 5.78. The van der Waals surface area contributed by atoms with Gasteiger partial charge in [0, 0.05) is 28.2 Å². The highest BCUT2D eigenvalue weighted by Gasteiger charge is 2.34. The number of benzene rings is 3. The standard InChI is InChI=1S/C36H34FN3O5S/c1-6-44-35(42)32-22(4)38-36-40(33(32)23-15-16-29(45-21(2)3)30(17-23)43-5)34(41)31(46-36)18-25-20-39(28-14-10-8-12-26(25)28)19-24-11-7-9-13-27(24)37/h7-18,20-21,33H,6,19H2,1-5H3/b31-18+/t33-/m1/s1. The molecule has 236 valence electrons. The number of carbonyl (C=O) groups is 1. The molecule has 3 aromatic carbocycles. The smallest absolute Gasteiger partial charge is 0.338 e. The van der Waals surface area contributed by atoms with E-state index in [0.29, 0.717) is 44.2 Å². The number of allylic oxidation sites excluding steroid dienone is 1. The van der Waals surface area contributed by atoms with Gasteiger partial charge in [0.15, 0.2) is 16.3 Å². The second-order valence-electron chi connectivity index (χ2n) is 11.2. The number of para-hydroxylation sites is 1. The van der Waals surface area contributed by atoms with E-state index < -0.39 is 12.0 Å². The molecule has 0 saturated carbocycles. The molecule has 6 rings (SSSR count). The highest BCUT2D eigenvalue weighted by Crippen LogP contribution is 2.36. The predicted molar refractivity (Wildman–Crippen MR) is 177 cm³/mol. The van der Waals surface area contributed by atoms with Gasteiger partial charge >= 0.3 is 5.97 Å². The van der Waals surface area contributed by atoms with Gasteiger partial charge in [0.05, 0.1) is 48.2 Å². The first kappa shape index (κ1) is 31.0. The van der Waals surface area contributed by atoms with Crippen LogP contribution in [0.15, 0.2) is 94.0 Å². The van der Waals surface area contributed by atoms with Gasteiger partial charge in [-0.15, -0.1) is 0 Å². The summed E-state index contributed by atoms with van der Waals surface area (Å²) >= 11 is 1.25. The Bertz CT molecular complexity index is 2180. The van der Waals surface area contributed by atoms with Crippen LogP contribution in [0.25, 0.3) is 17.0 Å². The molecule has 1 aliphatic heterocycles. The molecule has 0 aliphatic carbocycles. The summed E-state index contributed by atoms with van der Waals surface area (Å²) in [6.45, 7) is 7.85. The van der Waals surface area contributed by atoms with Crippen molar-refractivity contribution in [1.29, 1.82) is 0 Å². The topological polar surface area (TPSA) is 84.1 Å². The molecular formula is C36H34FN3O5S. The van der Waals surface area contributed by atoms with Gasteiger partial charge in [-0.2, -0.15) is 0 Å². The molecule has 0 spiro atoms. The van der Waals surface area contributed by atoms with Crippen LogP contribution in [0.5, 0.6) is 11.5 Å². The molecule has 3 heterocycles. The van der Waals surface area contributed by atoms with Crippen molar-refractivity contribution in [3.8, 4) is 11.5 Å². The molecule has 0 fully saturated rings. The second kappa shape index (κ2) is 12.8. The molecule has 0 bridgehead atoms. The Labute approximate surface area is 269 Å². The lowest BCUT2D eigenvalue weighted by atomic mass is 9.95. The summed E-state index contributed by atoms with van der Waals surface area (Å²) in [7, 11) is 1.55. The number of thiazole rings is 1. The van der Waals surface area contributed by atoms with Crippen LogP contribution < -0.4 is 24.4 Å². The third kappa shape index (κ3) is 5.76. The van der Waals surface area contributed by atoms with Crippen LogP contribution in [0.1, 0.15) is 50.4 Å². The molecule has 10 heteroatoms. The molecular weight excluding hydrogens is 605 g/mol. The monoisotopic (exact) mass is 639 g/mol. The van der Waals surface area contributed by atoms with Gasteiger partial charge < -0.3 is 18.8 Å². The van der Waals surface area contributed by atoms with E-state index in [2.05, 4.69) is 0 Å². The summed E-state index contributed by atoms with van der Waals surface area (Å²) in [4.78, 5) is 32.8. The van der Waals surface area contributed by atoms with Crippen molar-refractivity contribution in [3.63, 3.8) is 0 Å². The summed E-state index contributed by atoms with van der Waals surface area (Å²) in [5.41, 5.74) is 3.40. The molecule has 0 unspecified atom stereocenters. The average Bonchev–Trinajstić information content (AvgIpc) is 3.53. The van der Waals surface area contributed by atoms with Gasteiger partial charge in [0.2, 0.25) is 0 Å². The summed E-state index contributed by atoms with van der Waals surface area (Å²) in [6, 6.07) is 19.1. The third-order valence-electron chi connectivity index (χ3n) is 7.79. The fraction of sp³-hybridized carbons (Fsp3) is 0.250. The first-order valence-corrected chi connectivity index (χ1v) is 15.9. The van der Waals surface area contributed by atoms with Gasteiger partial charge in [-0.3, -0.25) is 9.36 Å². The van der Waals surface area contributed by atoms with E-state index in [1.165, 1.54) is 17.4 Å². The SMILES string of the molecule is CCOC(=O)C1=C(C)N=c2s/c(=C/c3cn(Cc4ccccc4F)c4ccccc34)c(=O)n2[C@@H]1c1ccc(OC(C)C)c(OC)c1. The van der Waals surface area contributed by atoms with E-state index in [1.807, 2.05) is 67.1 Å². The highest BCUT2D eigenvalue weighted by atomic mass is 32.1. The van der Waals surface area contributed by atoms with Crippen molar-refractivity contribution in [3.05, 3.63) is 126 Å². The van der Waals surface area contributed by atoms with Crippen LogP contribution in [0.4, 0.5) is 4.39 Å². The maximum atomic E-state index is 14.6. The van der Waals surface area contributed by atoms with Crippen molar-refractivity contribution >= 4 is 34.3 Å². The number of fused-ring (bicyclic) bond motifs is 2. The van der Waals surface area contributed by atoms with Crippen LogP contribution in [0, 0.1) is 5.82 Å². The fourth-order valence-corrected chi connectivity index (χ4v) is 6.82. The Morgan fingerprint density at radius 2 is 1.85 bits per heavy atom. The Morgan fingerprint density at radius 1 is 1.09 bits per heavy atom. The molecule has 0 N–H and O–H groups in total. The minimum Gasteiger partial charge on any atom is -0.493 e. The maximum absolute atomic E-state index is 14.6. The number of carbonyl (C=O) groups excluding carboxylic acids is 1. The molecule has 2 aromatic heterocycles. The number of nitrogens with zero attached hydrogens (tertiary/aromatic N) is 3. The van der Waals surface area contributed by atoms with Gasteiger partial charge in [0.25, 0.3) is 5.56 Å². The molecule has 5 aromatic rings. The Hall–Kier alpha value is -4.96. The number of methoxy groups -OCH3 is 1. The zero-order valence-electron chi connectivity index (χ0n) is 26.2. The summed E-state index contributed by atoms with van der Waals surface area (Å²) in [5, 5.41) is 0.926. The number of rotatable bonds is 9. The third-order valence-corrected chi connectivity index (χ3v) is 8.77. The molecule has 0 radical (unpaired) electrons. The molecule has 1 aliphatic rings. The molecule has 8 nitrogen and oxygen atoms in total. The van der Waals surface area contributed by atoms with Crippen molar-refractivity contribution in [2.75, 3.05) is 13.7 Å². The zero-order valence-corrected chi connectivity index (χ0v) is 27.1. The first-order valence-electron chi connectivity index (χ1n) is 15.1. The Balaban J connectivity index is 1.52. The van der Waals surface area contributed by atoms with Gasteiger partial charge in [-0.1, -0.05) is 53.8 Å². The first-order chi connectivity index (χ1) is 22.2. The second-order valence-corrected chi connectivity index (χ2v) is 12.2. The zero-order chi connectivity index (χ0) is 32.5.